The summed E-state index contributed by atoms with van der Waals surface area (Å²) in [4.78, 5) is 26.9. The van der Waals surface area contributed by atoms with Crippen molar-refractivity contribution in [1.82, 2.24) is 5.32 Å². The normalized spacial score (nSPS) is 15.7. The van der Waals surface area contributed by atoms with E-state index < -0.39 is 11.9 Å². The molecule has 7 heteroatoms. The Morgan fingerprint density at radius 2 is 1.96 bits per heavy atom. The lowest BCUT2D eigenvalue weighted by Gasteiger charge is -2.33. The van der Waals surface area contributed by atoms with Crippen LogP contribution in [-0.2, 0) is 4.79 Å². The first kappa shape index (κ1) is 20.3. The van der Waals surface area contributed by atoms with Crippen molar-refractivity contribution in [2.45, 2.75) is 51.1 Å². The molecule has 0 saturated heterocycles. The number of nitrogens with zero attached hydrogens (tertiary/aromatic N) is 1. The molecule has 150 valence electrons. The summed E-state index contributed by atoms with van der Waals surface area (Å²) >= 11 is 1.31. The van der Waals surface area contributed by atoms with Gasteiger partial charge in [-0.1, -0.05) is 25.3 Å². The minimum Gasteiger partial charge on any atom is -0.369 e. The number of anilines is 2. The van der Waals surface area contributed by atoms with Crippen molar-refractivity contribution in [2.75, 3.05) is 17.3 Å². The van der Waals surface area contributed by atoms with E-state index in [9.17, 15) is 14.0 Å². The summed E-state index contributed by atoms with van der Waals surface area (Å²) < 4.78 is 14.6. The third kappa shape index (κ3) is 4.90. The Morgan fingerprint density at radius 1 is 1.21 bits per heavy atom. The highest BCUT2D eigenvalue weighted by Crippen LogP contribution is 2.29. The Hall–Kier alpha value is -2.41. The second-order valence-electron chi connectivity index (χ2n) is 7.23. The van der Waals surface area contributed by atoms with Gasteiger partial charge in [0.05, 0.1) is 10.6 Å². The molecule has 0 radical (unpaired) electrons. The van der Waals surface area contributed by atoms with Crippen LogP contribution in [0.15, 0.2) is 35.7 Å². The highest BCUT2D eigenvalue weighted by molar-refractivity contribution is 7.12. The maximum Gasteiger partial charge on any atom is 0.261 e. The largest absolute Gasteiger partial charge is 0.369 e. The van der Waals surface area contributed by atoms with E-state index in [1.807, 2.05) is 11.9 Å². The topological polar surface area (TPSA) is 61.4 Å². The van der Waals surface area contributed by atoms with Crippen LogP contribution in [0.1, 0.15) is 48.7 Å². The molecule has 1 unspecified atom stereocenters. The highest BCUT2D eigenvalue weighted by Gasteiger charge is 2.21. The molecule has 0 aliphatic heterocycles. The van der Waals surface area contributed by atoms with Gasteiger partial charge in [-0.25, -0.2) is 4.39 Å². The number of nitrogens with one attached hydrogen (secondary N) is 2. The van der Waals surface area contributed by atoms with Crippen LogP contribution in [0.2, 0.25) is 0 Å². The third-order valence-corrected chi connectivity index (χ3v) is 6.07. The molecular formula is C21H26FN3O2S. The number of hydrogen-bond donors (Lipinski definition) is 2. The summed E-state index contributed by atoms with van der Waals surface area (Å²) in [6, 6.07) is 7.83. The van der Waals surface area contributed by atoms with Gasteiger partial charge in [0, 0.05) is 18.8 Å². The Bertz CT molecular complexity index is 819. The van der Waals surface area contributed by atoms with E-state index >= 15 is 0 Å². The number of carbonyl (C=O) groups is 2. The molecule has 1 aromatic heterocycles. The molecule has 0 spiro atoms. The predicted molar refractivity (Wildman–Crippen MR) is 112 cm³/mol. The molecule has 0 bridgehead atoms. The van der Waals surface area contributed by atoms with Gasteiger partial charge in [0.15, 0.2) is 0 Å². The summed E-state index contributed by atoms with van der Waals surface area (Å²) in [6.45, 7) is 1.60. The highest BCUT2D eigenvalue weighted by atomic mass is 32.1. The maximum atomic E-state index is 14.6. The number of rotatable bonds is 6. The number of amides is 2. The summed E-state index contributed by atoms with van der Waals surface area (Å²) in [5.74, 6) is -1.05. The van der Waals surface area contributed by atoms with Crippen LogP contribution in [0.25, 0.3) is 0 Å². The first-order valence-corrected chi connectivity index (χ1v) is 10.5. The van der Waals surface area contributed by atoms with Crippen LogP contribution >= 0.6 is 11.3 Å². The van der Waals surface area contributed by atoms with Crippen LogP contribution in [0, 0.1) is 5.82 Å². The molecule has 3 rings (SSSR count). The maximum absolute atomic E-state index is 14.6. The summed E-state index contributed by atoms with van der Waals surface area (Å²) in [5.41, 5.74) is 0.921. The van der Waals surface area contributed by atoms with Crippen LogP contribution in [0.3, 0.4) is 0 Å². The fourth-order valence-electron chi connectivity index (χ4n) is 3.53. The zero-order valence-electron chi connectivity index (χ0n) is 16.2. The van der Waals surface area contributed by atoms with E-state index in [-0.39, 0.29) is 11.7 Å². The predicted octanol–water partition coefficient (Wildman–Crippen LogP) is 4.41. The molecule has 2 aromatic rings. The lowest BCUT2D eigenvalue weighted by atomic mass is 9.94. The summed E-state index contributed by atoms with van der Waals surface area (Å²) in [5, 5.41) is 7.12. The van der Waals surface area contributed by atoms with Gasteiger partial charge in [-0.15, -0.1) is 11.3 Å². The van der Waals surface area contributed by atoms with Crippen molar-refractivity contribution < 1.29 is 14.0 Å². The molecule has 2 N–H and O–H groups in total. The van der Waals surface area contributed by atoms with Crippen molar-refractivity contribution in [3.8, 4) is 0 Å². The van der Waals surface area contributed by atoms with Crippen LogP contribution in [0.4, 0.5) is 15.8 Å². The zero-order valence-corrected chi connectivity index (χ0v) is 17.0. The van der Waals surface area contributed by atoms with Crippen molar-refractivity contribution in [3.63, 3.8) is 0 Å². The number of hydrogen-bond acceptors (Lipinski definition) is 4. The molecule has 1 atom stereocenters. The molecular weight excluding hydrogens is 377 g/mol. The van der Waals surface area contributed by atoms with E-state index in [0.717, 1.165) is 12.8 Å². The Morgan fingerprint density at radius 3 is 2.61 bits per heavy atom. The van der Waals surface area contributed by atoms with E-state index in [1.165, 1.54) is 36.7 Å². The summed E-state index contributed by atoms with van der Waals surface area (Å²) in [7, 11) is 1.93. The average Bonchev–Trinajstić information content (AvgIpc) is 3.23. The van der Waals surface area contributed by atoms with Gasteiger partial charge in [-0.05, 0) is 49.4 Å². The van der Waals surface area contributed by atoms with Gasteiger partial charge in [-0.3, -0.25) is 9.59 Å². The van der Waals surface area contributed by atoms with E-state index in [1.54, 1.807) is 36.6 Å². The summed E-state index contributed by atoms with van der Waals surface area (Å²) in [6.07, 6.45) is 5.77. The SMILES string of the molecule is CC(NC(=O)c1cccs1)C(=O)Nc1ccc(N(C)C2CCCCC2)c(F)c1. The first-order valence-electron chi connectivity index (χ1n) is 9.63. The van der Waals surface area contributed by atoms with Gasteiger partial charge in [0.1, 0.15) is 11.9 Å². The Balaban J connectivity index is 1.60. The number of benzene rings is 1. The lowest BCUT2D eigenvalue weighted by molar-refractivity contribution is -0.117. The number of thiophene rings is 1. The number of carbonyl (C=O) groups excluding carboxylic acids is 2. The first-order chi connectivity index (χ1) is 13.5. The average molecular weight is 404 g/mol. The van der Waals surface area contributed by atoms with Crippen molar-refractivity contribution in [2.24, 2.45) is 0 Å². The van der Waals surface area contributed by atoms with Gasteiger partial charge in [0.2, 0.25) is 5.91 Å². The Labute approximate surface area is 168 Å². The molecule has 1 aromatic carbocycles. The van der Waals surface area contributed by atoms with E-state index in [2.05, 4.69) is 10.6 Å². The fourth-order valence-corrected chi connectivity index (χ4v) is 4.15. The molecule has 1 fully saturated rings. The molecule has 2 amide bonds. The van der Waals surface area contributed by atoms with Crippen molar-refractivity contribution >= 4 is 34.5 Å². The molecule has 1 aliphatic rings. The van der Waals surface area contributed by atoms with E-state index in [4.69, 9.17) is 0 Å². The second kappa shape index (κ2) is 9.19. The Kier molecular flexibility index (Phi) is 6.67. The minimum atomic E-state index is -0.734. The second-order valence-corrected chi connectivity index (χ2v) is 8.18. The molecule has 5 nitrogen and oxygen atoms in total. The molecule has 1 aliphatic carbocycles. The van der Waals surface area contributed by atoms with Crippen molar-refractivity contribution in [1.29, 1.82) is 0 Å². The zero-order chi connectivity index (χ0) is 20.1. The third-order valence-electron chi connectivity index (χ3n) is 5.20. The van der Waals surface area contributed by atoms with Crippen LogP contribution in [0.5, 0.6) is 0 Å². The van der Waals surface area contributed by atoms with Gasteiger partial charge in [0.25, 0.3) is 5.91 Å². The standard InChI is InChI=1S/C21H26FN3O2S/c1-14(23-21(27)19-9-6-12-28-19)20(26)24-15-10-11-18(17(22)13-15)25(2)16-7-4-3-5-8-16/h6,9-14,16H,3-5,7-8H2,1-2H3,(H,23,27)(H,24,26). The van der Waals surface area contributed by atoms with Crippen LogP contribution in [-0.4, -0.2) is 30.9 Å². The van der Waals surface area contributed by atoms with E-state index in [0.29, 0.717) is 22.3 Å². The van der Waals surface area contributed by atoms with Gasteiger partial charge < -0.3 is 15.5 Å². The van der Waals surface area contributed by atoms with Crippen LogP contribution < -0.4 is 15.5 Å². The fraction of sp³-hybridized carbons (Fsp3) is 0.429. The smallest absolute Gasteiger partial charge is 0.261 e. The molecule has 28 heavy (non-hydrogen) atoms. The minimum absolute atomic E-state index is 0.298. The quantitative estimate of drug-likeness (QED) is 0.751. The lowest BCUT2D eigenvalue weighted by Crippen LogP contribution is -2.41. The molecule has 1 saturated carbocycles. The van der Waals surface area contributed by atoms with Crippen molar-refractivity contribution in [3.05, 3.63) is 46.4 Å². The van der Waals surface area contributed by atoms with Gasteiger partial charge in [-0.2, -0.15) is 0 Å². The monoisotopic (exact) mass is 403 g/mol. The molecule has 1 heterocycles. The van der Waals surface area contributed by atoms with Gasteiger partial charge >= 0.3 is 0 Å². The number of halogens is 1.